The Kier molecular flexibility index (Phi) is 4.33. The largest absolute Gasteiger partial charge is 0.368 e. The third-order valence-corrected chi connectivity index (χ3v) is 6.40. The van der Waals surface area contributed by atoms with Gasteiger partial charge in [-0.05, 0) is 24.3 Å². The van der Waals surface area contributed by atoms with Crippen molar-refractivity contribution in [1.82, 2.24) is 9.29 Å². The third-order valence-electron chi connectivity index (χ3n) is 4.72. The molecule has 0 amide bonds. The van der Waals surface area contributed by atoms with Crippen LogP contribution in [0.1, 0.15) is 0 Å². The van der Waals surface area contributed by atoms with Crippen LogP contribution in [0.4, 0.5) is 11.4 Å². The van der Waals surface area contributed by atoms with E-state index in [1.54, 1.807) is 12.1 Å². The van der Waals surface area contributed by atoms with E-state index in [0.717, 1.165) is 43.3 Å². The molecule has 1 N–H and O–H groups in total. The first-order valence-electron chi connectivity index (χ1n) is 8.54. The minimum absolute atomic E-state index is 0.109. The molecule has 0 radical (unpaired) electrons. The van der Waals surface area contributed by atoms with Crippen LogP contribution in [0.25, 0.3) is 10.9 Å². The Bertz CT molecular complexity index is 1120. The molecule has 9 heteroatoms. The normalized spacial score (nSPS) is 15.2. The molecule has 1 saturated heterocycles. The summed E-state index contributed by atoms with van der Waals surface area (Å²) < 4.78 is 27.4. The summed E-state index contributed by atoms with van der Waals surface area (Å²) in [5.74, 6) is 0. The summed E-state index contributed by atoms with van der Waals surface area (Å²) in [4.78, 5) is 12.5. The Morgan fingerprint density at radius 3 is 2.52 bits per heavy atom. The Labute approximate surface area is 156 Å². The van der Waals surface area contributed by atoms with Crippen molar-refractivity contribution in [2.45, 2.75) is 4.90 Å². The van der Waals surface area contributed by atoms with Gasteiger partial charge in [-0.25, -0.2) is 12.4 Å². The van der Waals surface area contributed by atoms with Crippen LogP contribution in [-0.4, -0.2) is 43.5 Å². The van der Waals surface area contributed by atoms with E-state index in [0.29, 0.717) is 5.52 Å². The predicted octanol–water partition coefficient (Wildman–Crippen LogP) is 2.20. The molecule has 0 spiro atoms. The minimum Gasteiger partial charge on any atom is -0.368 e. The lowest BCUT2D eigenvalue weighted by molar-refractivity contribution is -0.385. The Hall–Kier alpha value is -2.91. The zero-order valence-electron chi connectivity index (χ0n) is 14.4. The molecule has 2 aromatic carbocycles. The number of fused-ring (bicyclic) bond motifs is 1. The third kappa shape index (κ3) is 3.04. The number of nitro groups is 1. The molecule has 0 atom stereocenters. The molecule has 0 saturated carbocycles. The zero-order chi connectivity index (χ0) is 19.0. The van der Waals surface area contributed by atoms with E-state index in [2.05, 4.69) is 10.2 Å². The van der Waals surface area contributed by atoms with Crippen molar-refractivity contribution >= 4 is 32.3 Å². The molecule has 1 aliphatic rings. The number of hydrogen-bond donors (Lipinski definition) is 1. The summed E-state index contributed by atoms with van der Waals surface area (Å²) >= 11 is 0. The predicted molar refractivity (Wildman–Crippen MR) is 103 cm³/mol. The molecule has 8 nitrogen and oxygen atoms in total. The van der Waals surface area contributed by atoms with Crippen molar-refractivity contribution in [2.24, 2.45) is 0 Å². The van der Waals surface area contributed by atoms with Gasteiger partial charge in [0.05, 0.1) is 15.3 Å². The molecular formula is C18H18N4O4S. The zero-order valence-corrected chi connectivity index (χ0v) is 15.2. The van der Waals surface area contributed by atoms with Gasteiger partial charge in [0.1, 0.15) is 0 Å². The maximum Gasteiger partial charge on any atom is 0.270 e. The molecule has 140 valence electrons. The van der Waals surface area contributed by atoms with Gasteiger partial charge >= 0.3 is 0 Å². The molecule has 2 heterocycles. The number of nitrogens with zero attached hydrogens (tertiary/aromatic N) is 3. The fraction of sp³-hybridized carbons (Fsp3) is 0.222. The van der Waals surface area contributed by atoms with E-state index in [4.69, 9.17) is 0 Å². The summed E-state index contributed by atoms with van der Waals surface area (Å²) in [7, 11) is -3.94. The van der Waals surface area contributed by atoms with E-state index in [-0.39, 0.29) is 10.6 Å². The van der Waals surface area contributed by atoms with Crippen molar-refractivity contribution in [3.8, 4) is 0 Å². The second-order valence-corrected chi connectivity index (χ2v) is 8.13. The second-order valence-electron chi connectivity index (χ2n) is 6.32. The SMILES string of the molecule is O=[N+]([O-])c1cccc(S(=O)(=O)n2ccc3c(N4CCNCC4)cccc32)c1. The summed E-state index contributed by atoms with van der Waals surface area (Å²) in [5, 5.41) is 15.1. The van der Waals surface area contributed by atoms with E-state index in [1.807, 2.05) is 12.1 Å². The molecule has 3 aromatic rings. The lowest BCUT2D eigenvalue weighted by atomic mass is 10.2. The number of hydrogen-bond acceptors (Lipinski definition) is 6. The first-order chi connectivity index (χ1) is 13.0. The fourth-order valence-corrected chi connectivity index (χ4v) is 4.78. The number of nitrogens with one attached hydrogen (secondary N) is 1. The maximum absolute atomic E-state index is 13.1. The molecule has 0 bridgehead atoms. The molecule has 0 aliphatic carbocycles. The monoisotopic (exact) mass is 386 g/mol. The average Bonchev–Trinajstić information content (AvgIpc) is 3.14. The lowest BCUT2D eigenvalue weighted by Gasteiger charge is -2.30. The van der Waals surface area contributed by atoms with Crippen LogP contribution in [0.3, 0.4) is 0 Å². The second kappa shape index (κ2) is 6.67. The molecule has 4 rings (SSSR count). The fourth-order valence-electron chi connectivity index (χ4n) is 3.39. The summed E-state index contributed by atoms with van der Waals surface area (Å²) in [5.41, 5.74) is 1.29. The maximum atomic E-state index is 13.1. The molecule has 1 aromatic heterocycles. The lowest BCUT2D eigenvalue weighted by Crippen LogP contribution is -2.43. The molecule has 1 fully saturated rings. The first-order valence-corrected chi connectivity index (χ1v) is 9.98. The van der Waals surface area contributed by atoms with Crippen LogP contribution in [0.2, 0.25) is 0 Å². The first kappa shape index (κ1) is 17.5. The van der Waals surface area contributed by atoms with Gasteiger partial charge in [0.15, 0.2) is 0 Å². The number of aromatic nitrogens is 1. The van der Waals surface area contributed by atoms with Gasteiger partial charge in [-0.15, -0.1) is 0 Å². The van der Waals surface area contributed by atoms with Gasteiger partial charge in [-0.3, -0.25) is 10.1 Å². The molecular weight excluding hydrogens is 368 g/mol. The van der Waals surface area contributed by atoms with Crippen LogP contribution < -0.4 is 10.2 Å². The van der Waals surface area contributed by atoms with Crippen molar-refractivity contribution in [2.75, 3.05) is 31.1 Å². The van der Waals surface area contributed by atoms with E-state index < -0.39 is 14.9 Å². The van der Waals surface area contributed by atoms with Crippen molar-refractivity contribution in [3.05, 3.63) is 64.8 Å². The van der Waals surface area contributed by atoms with Gasteiger partial charge in [0, 0.05) is 55.6 Å². The Morgan fingerprint density at radius 1 is 1.04 bits per heavy atom. The molecule has 1 aliphatic heterocycles. The van der Waals surface area contributed by atoms with E-state index in [9.17, 15) is 18.5 Å². The van der Waals surface area contributed by atoms with Crippen molar-refractivity contribution in [3.63, 3.8) is 0 Å². The summed E-state index contributed by atoms with van der Waals surface area (Å²) in [6, 6.07) is 12.4. The highest BCUT2D eigenvalue weighted by Gasteiger charge is 2.23. The highest BCUT2D eigenvalue weighted by atomic mass is 32.2. The number of benzene rings is 2. The summed E-state index contributed by atoms with van der Waals surface area (Å²) in [6.45, 7) is 3.45. The molecule has 27 heavy (non-hydrogen) atoms. The highest BCUT2D eigenvalue weighted by Crippen LogP contribution is 2.31. The van der Waals surface area contributed by atoms with Crippen LogP contribution in [0, 0.1) is 10.1 Å². The van der Waals surface area contributed by atoms with Crippen LogP contribution in [0.15, 0.2) is 59.6 Å². The van der Waals surface area contributed by atoms with Crippen molar-refractivity contribution in [1.29, 1.82) is 0 Å². The number of non-ortho nitro benzene ring substituents is 1. The topological polar surface area (TPSA) is 97.5 Å². The van der Waals surface area contributed by atoms with Crippen LogP contribution in [0.5, 0.6) is 0 Å². The van der Waals surface area contributed by atoms with Gasteiger partial charge in [0.2, 0.25) is 0 Å². The smallest absolute Gasteiger partial charge is 0.270 e. The number of piperazine rings is 1. The van der Waals surface area contributed by atoms with E-state index >= 15 is 0 Å². The van der Waals surface area contributed by atoms with Gasteiger partial charge in [-0.2, -0.15) is 0 Å². The van der Waals surface area contributed by atoms with Crippen LogP contribution in [-0.2, 0) is 10.0 Å². The minimum atomic E-state index is -3.94. The number of nitro benzene ring substituents is 1. The van der Waals surface area contributed by atoms with E-state index in [1.165, 1.54) is 28.4 Å². The van der Waals surface area contributed by atoms with Gasteiger partial charge < -0.3 is 10.2 Å². The quantitative estimate of drug-likeness (QED) is 0.545. The number of anilines is 1. The number of rotatable bonds is 4. The van der Waals surface area contributed by atoms with Gasteiger partial charge in [0.25, 0.3) is 15.7 Å². The van der Waals surface area contributed by atoms with Gasteiger partial charge in [-0.1, -0.05) is 12.1 Å². The Balaban J connectivity index is 1.82. The molecule has 0 unspecified atom stereocenters. The standard InChI is InChI=1S/C18H18N4O4S/c23-22(24)14-3-1-4-15(13-14)27(25,26)21-10-7-16-17(5-2-6-18(16)21)20-11-8-19-9-12-20/h1-7,10,13,19H,8-9,11-12H2. The summed E-state index contributed by atoms with van der Waals surface area (Å²) in [6.07, 6.45) is 1.50. The Morgan fingerprint density at radius 2 is 1.78 bits per heavy atom. The average molecular weight is 386 g/mol. The van der Waals surface area contributed by atoms with Crippen molar-refractivity contribution < 1.29 is 13.3 Å². The highest BCUT2D eigenvalue weighted by molar-refractivity contribution is 7.90. The van der Waals surface area contributed by atoms with Crippen LogP contribution >= 0.6 is 0 Å².